The molecule has 6 heteroatoms. The highest BCUT2D eigenvalue weighted by molar-refractivity contribution is 6.31. The Morgan fingerprint density at radius 3 is 2.73 bits per heavy atom. The van der Waals surface area contributed by atoms with Crippen LogP contribution < -0.4 is 5.32 Å². The van der Waals surface area contributed by atoms with E-state index in [9.17, 15) is 9.59 Å². The fourth-order valence-corrected chi connectivity index (χ4v) is 4.66. The van der Waals surface area contributed by atoms with Crippen LogP contribution in [0.15, 0.2) is 24.3 Å². The van der Waals surface area contributed by atoms with Gasteiger partial charge in [-0.2, -0.15) is 0 Å². The molecule has 2 atom stereocenters. The maximum Gasteiger partial charge on any atom is 0.232 e. The fraction of sp³-hybridized carbons (Fsp3) is 0.600. The molecule has 0 spiro atoms. The lowest BCUT2D eigenvalue weighted by Crippen LogP contribution is -2.48. The summed E-state index contributed by atoms with van der Waals surface area (Å²) in [7, 11) is 0. The Bertz CT molecular complexity index is 677. The third-order valence-corrected chi connectivity index (χ3v) is 6.24. The van der Waals surface area contributed by atoms with Gasteiger partial charge in [0.2, 0.25) is 11.8 Å². The van der Waals surface area contributed by atoms with Crippen molar-refractivity contribution in [2.75, 3.05) is 32.7 Å². The summed E-state index contributed by atoms with van der Waals surface area (Å²) in [4.78, 5) is 29.7. The Balaban J connectivity index is 1.82. The van der Waals surface area contributed by atoms with Crippen molar-refractivity contribution in [1.82, 2.24) is 15.1 Å². The van der Waals surface area contributed by atoms with E-state index >= 15 is 0 Å². The minimum Gasteiger partial charge on any atom is -0.354 e. The summed E-state index contributed by atoms with van der Waals surface area (Å²) in [5.74, 6) is 0.139. The molecule has 2 aliphatic heterocycles. The number of carbonyl (C=O) groups is 2. The molecule has 3 rings (SSSR count). The second kappa shape index (κ2) is 7.97. The molecule has 2 amide bonds. The number of benzene rings is 1. The average Bonchev–Trinajstić information content (AvgIpc) is 3.19. The third kappa shape index (κ3) is 3.47. The highest BCUT2D eigenvalue weighted by atomic mass is 35.5. The number of nitrogens with one attached hydrogen (secondary N) is 1. The van der Waals surface area contributed by atoms with Crippen LogP contribution in [-0.2, 0) is 15.0 Å². The van der Waals surface area contributed by atoms with Crippen LogP contribution >= 0.6 is 11.6 Å². The van der Waals surface area contributed by atoms with Gasteiger partial charge >= 0.3 is 0 Å². The van der Waals surface area contributed by atoms with Gasteiger partial charge in [-0.05, 0) is 37.6 Å². The van der Waals surface area contributed by atoms with Gasteiger partial charge in [0.05, 0.1) is 5.41 Å². The van der Waals surface area contributed by atoms with Crippen LogP contribution in [0, 0.1) is 0 Å². The van der Waals surface area contributed by atoms with Crippen molar-refractivity contribution in [3.05, 3.63) is 34.9 Å². The molecule has 0 aliphatic carbocycles. The topological polar surface area (TPSA) is 52.7 Å². The van der Waals surface area contributed by atoms with Crippen LogP contribution in [0.2, 0.25) is 5.02 Å². The normalized spacial score (nSPS) is 25.0. The Kier molecular flexibility index (Phi) is 5.88. The molecule has 1 N–H and O–H groups in total. The minimum absolute atomic E-state index is 0.0139. The molecule has 2 heterocycles. The number of amides is 2. The lowest BCUT2D eigenvalue weighted by atomic mass is 9.76. The standard InChI is InChI=1S/C20H28ClN3O2/c1-3-23(4-2)12-11-22-19(26)20(16-7-5-6-8-17(16)21)13-15-9-10-18(25)24(15)14-20/h5-8,15H,3-4,9-14H2,1-2H3,(H,22,26)/t15-,20-/m0/s1. The van der Waals surface area contributed by atoms with Crippen molar-refractivity contribution in [3.63, 3.8) is 0 Å². The average molecular weight is 378 g/mol. The smallest absolute Gasteiger partial charge is 0.232 e. The maximum absolute atomic E-state index is 13.3. The summed E-state index contributed by atoms with van der Waals surface area (Å²) >= 11 is 6.47. The molecule has 0 unspecified atom stereocenters. The number of likely N-dealkylation sites (N-methyl/N-ethyl adjacent to an activating group) is 1. The first kappa shape index (κ1) is 19.2. The molecule has 5 nitrogen and oxygen atoms in total. The van der Waals surface area contributed by atoms with E-state index in [0.29, 0.717) is 31.0 Å². The summed E-state index contributed by atoms with van der Waals surface area (Å²) in [5.41, 5.74) is 0.0896. The van der Waals surface area contributed by atoms with E-state index in [2.05, 4.69) is 24.1 Å². The number of fused-ring (bicyclic) bond motifs is 1. The zero-order chi connectivity index (χ0) is 18.7. The van der Waals surface area contributed by atoms with E-state index in [1.165, 1.54) is 0 Å². The third-order valence-electron chi connectivity index (χ3n) is 5.91. The Hall–Kier alpha value is -1.59. The van der Waals surface area contributed by atoms with E-state index < -0.39 is 5.41 Å². The molecular weight excluding hydrogens is 350 g/mol. The summed E-state index contributed by atoms with van der Waals surface area (Å²) in [6, 6.07) is 7.69. The molecule has 26 heavy (non-hydrogen) atoms. The molecule has 2 saturated heterocycles. The summed E-state index contributed by atoms with van der Waals surface area (Å²) in [6.07, 6.45) is 2.07. The molecule has 0 aromatic heterocycles. The summed E-state index contributed by atoms with van der Waals surface area (Å²) in [5, 5.41) is 3.71. The van der Waals surface area contributed by atoms with Crippen LogP contribution in [0.4, 0.5) is 0 Å². The quantitative estimate of drug-likeness (QED) is 0.794. The van der Waals surface area contributed by atoms with Gasteiger partial charge in [-0.1, -0.05) is 43.6 Å². The molecule has 1 aromatic carbocycles. The zero-order valence-corrected chi connectivity index (χ0v) is 16.4. The van der Waals surface area contributed by atoms with Crippen molar-refractivity contribution in [2.24, 2.45) is 0 Å². The first-order valence-corrected chi connectivity index (χ1v) is 9.94. The van der Waals surface area contributed by atoms with Crippen LogP contribution in [0.3, 0.4) is 0 Å². The van der Waals surface area contributed by atoms with Crippen molar-refractivity contribution in [2.45, 2.75) is 44.6 Å². The molecule has 2 fully saturated rings. The first-order valence-electron chi connectivity index (χ1n) is 9.57. The number of nitrogens with zero attached hydrogens (tertiary/aromatic N) is 2. The number of hydrogen-bond donors (Lipinski definition) is 1. The van der Waals surface area contributed by atoms with Crippen molar-refractivity contribution >= 4 is 23.4 Å². The predicted octanol–water partition coefficient (Wildman–Crippen LogP) is 2.43. The Labute approximate surface area is 160 Å². The molecule has 142 valence electrons. The van der Waals surface area contributed by atoms with E-state index in [1.807, 2.05) is 29.2 Å². The van der Waals surface area contributed by atoms with Gasteiger partial charge in [0.15, 0.2) is 0 Å². The van der Waals surface area contributed by atoms with Gasteiger partial charge < -0.3 is 15.1 Å². The van der Waals surface area contributed by atoms with Crippen LogP contribution in [0.1, 0.15) is 38.7 Å². The Morgan fingerprint density at radius 1 is 1.35 bits per heavy atom. The maximum atomic E-state index is 13.3. The zero-order valence-electron chi connectivity index (χ0n) is 15.6. The number of halogens is 1. The van der Waals surface area contributed by atoms with Crippen LogP contribution in [0.25, 0.3) is 0 Å². The SMILES string of the molecule is CCN(CC)CCNC(=O)[C@@]1(c2ccccc2Cl)C[C@@H]2CCC(=O)N2C1. The first-order chi connectivity index (χ1) is 12.5. The summed E-state index contributed by atoms with van der Waals surface area (Å²) < 4.78 is 0. The predicted molar refractivity (Wildman–Crippen MR) is 103 cm³/mol. The second-order valence-corrected chi connectivity index (χ2v) is 7.67. The number of carbonyl (C=O) groups excluding carboxylic acids is 2. The van der Waals surface area contributed by atoms with Crippen LogP contribution in [-0.4, -0.2) is 60.4 Å². The summed E-state index contributed by atoms with van der Waals surface area (Å²) in [6.45, 7) is 8.02. The highest BCUT2D eigenvalue weighted by Gasteiger charge is 2.54. The number of rotatable bonds is 7. The fourth-order valence-electron chi connectivity index (χ4n) is 4.35. The van der Waals surface area contributed by atoms with Gasteiger partial charge in [0, 0.05) is 37.1 Å². The van der Waals surface area contributed by atoms with Crippen LogP contribution in [0.5, 0.6) is 0 Å². The van der Waals surface area contributed by atoms with Gasteiger partial charge in [-0.15, -0.1) is 0 Å². The largest absolute Gasteiger partial charge is 0.354 e. The Morgan fingerprint density at radius 2 is 2.08 bits per heavy atom. The lowest BCUT2D eigenvalue weighted by molar-refractivity contribution is -0.129. The molecule has 2 aliphatic rings. The van der Waals surface area contributed by atoms with E-state index in [1.54, 1.807) is 0 Å². The molecular formula is C20H28ClN3O2. The second-order valence-electron chi connectivity index (χ2n) is 7.26. The van der Waals surface area contributed by atoms with E-state index in [-0.39, 0.29) is 17.9 Å². The number of hydrogen-bond acceptors (Lipinski definition) is 3. The monoisotopic (exact) mass is 377 g/mol. The molecule has 0 bridgehead atoms. The van der Waals surface area contributed by atoms with E-state index in [4.69, 9.17) is 11.6 Å². The highest BCUT2D eigenvalue weighted by Crippen LogP contribution is 2.45. The van der Waals surface area contributed by atoms with Crippen molar-refractivity contribution in [3.8, 4) is 0 Å². The van der Waals surface area contributed by atoms with Gasteiger partial charge in [0.25, 0.3) is 0 Å². The van der Waals surface area contributed by atoms with Gasteiger partial charge in [-0.3, -0.25) is 9.59 Å². The van der Waals surface area contributed by atoms with E-state index in [0.717, 1.165) is 31.6 Å². The van der Waals surface area contributed by atoms with Gasteiger partial charge in [-0.25, -0.2) is 0 Å². The molecule has 1 aromatic rings. The molecule has 0 radical (unpaired) electrons. The van der Waals surface area contributed by atoms with Crippen molar-refractivity contribution < 1.29 is 9.59 Å². The van der Waals surface area contributed by atoms with Gasteiger partial charge in [0.1, 0.15) is 0 Å². The lowest BCUT2D eigenvalue weighted by Gasteiger charge is -2.30. The van der Waals surface area contributed by atoms with Crippen molar-refractivity contribution in [1.29, 1.82) is 0 Å². The minimum atomic E-state index is -0.748. The molecule has 0 saturated carbocycles.